The zero-order valence-corrected chi connectivity index (χ0v) is 16.1. The van der Waals surface area contributed by atoms with Gasteiger partial charge in [-0.3, -0.25) is 0 Å². The van der Waals surface area contributed by atoms with Crippen LogP contribution in [-0.2, 0) is 4.43 Å². The Labute approximate surface area is 133 Å². The Morgan fingerprint density at radius 1 is 0.800 bits per heavy atom. The van der Waals surface area contributed by atoms with Crippen molar-refractivity contribution in [1.82, 2.24) is 0 Å². The minimum absolute atomic E-state index is 0.467. The van der Waals surface area contributed by atoms with Crippen LogP contribution in [-0.4, -0.2) is 19.9 Å². The van der Waals surface area contributed by atoms with Crippen LogP contribution in [0.2, 0.25) is 13.1 Å². The van der Waals surface area contributed by atoms with E-state index in [2.05, 4.69) is 26.9 Å². The third-order valence-corrected chi connectivity index (χ3v) is 7.36. The van der Waals surface area contributed by atoms with Crippen molar-refractivity contribution in [3.8, 4) is 0 Å². The Morgan fingerprint density at radius 3 is 1.70 bits per heavy atom. The van der Waals surface area contributed by atoms with E-state index in [1.165, 1.54) is 70.6 Å². The van der Waals surface area contributed by atoms with Crippen LogP contribution in [0.4, 0.5) is 0 Å². The van der Waals surface area contributed by atoms with Crippen molar-refractivity contribution in [2.75, 3.05) is 5.50 Å². The number of halogens is 1. The summed E-state index contributed by atoms with van der Waals surface area (Å²) in [6, 6.07) is 0. The van der Waals surface area contributed by atoms with Gasteiger partial charge in [-0.25, -0.2) is 0 Å². The highest BCUT2D eigenvalue weighted by Gasteiger charge is 2.25. The summed E-state index contributed by atoms with van der Waals surface area (Å²) < 4.78 is 6.38. The monoisotopic (exact) mass is 320 g/mol. The molecule has 0 N–H and O–H groups in total. The Bertz CT molecular complexity index is 209. The smallest absolute Gasteiger partial charge is 0.201 e. The maximum atomic E-state index is 6.38. The van der Waals surface area contributed by atoms with E-state index in [4.69, 9.17) is 16.0 Å². The maximum Gasteiger partial charge on any atom is 0.201 e. The Hall–Kier alpha value is 0.467. The second kappa shape index (κ2) is 13.2. The number of unbranched alkanes of at least 4 members (excludes halogenated alkanes) is 7. The average molecular weight is 321 g/mol. The first-order valence-corrected chi connectivity index (χ1v) is 12.4. The van der Waals surface area contributed by atoms with Gasteiger partial charge in [0.05, 0.1) is 0 Å². The lowest BCUT2D eigenvalue weighted by molar-refractivity contribution is 0.165. The number of hydrogen-bond donors (Lipinski definition) is 0. The average Bonchev–Trinajstić information content (AvgIpc) is 2.42. The molecule has 0 aliphatic rings. The molecular weight excluding hydrogens is 284 g/mol. The fourth-order valence-electron chi connectivity index (χ4n) is 2.52. The van der Waals surface area contributed by atoms with Gasteiger partial charge in [-0.1, -0.05) is 71.6 Å². The van der Waals surface area contributed by atoms with Gasteiger partial charge in [-0.15, -0.1) is 11.6 Å². The Balaban J connectivity index is 3.97. The Morgan fingerprint density at radius 2 is 1.25 bits per heavy atom. The minimum Gasteiger partial charge on any atom is -0.413 e. The molecule has 0 aromatic rings. The van der Waals surface area contributed by atoms with E-state index in [-0.39, 0.29) is 0 Å². The van der Waals surface area contributed by atoms with Gasteiger partial charge in [0, 0.05) is 11.6 Å². The summed E-state index contributed by atoms with van der Waals surface area (Å²) in [6.07, 6.45) is 15.1. The van der Waals surface area contributed by atoms with E-state index in [0.29, 0.717) is 11.6 Å². The summed E-state index contributed by atoms with van der Waals surface area (Å²) >= 11 is 6.06. The molecule has 0 fully saturated rings. The fourth-order valence-corrected chi connectivity index (χ4v) is 3.91. The highest BCUT2D eigenvalue weighted by Crippen LogP contribution is 2.20. The lowest BCUT2D eigenvalue weighted by Gasteiger charge is -2.28. The van der Waals surface area contributed by atoms with Crippen LogP contribution < -0.4 is 0 Å². The van der Waals surface area contributed by atoms with Crippen molar-refractivity contribution < 1.29 is 4.43 Å². The molecule has 20 heavy (non-hydrogen) atoms. The summed E-state index contributed by atoms with van der Waals surface area (Å²) in [4.78, 5) is 0. The molecule has 0 aliphatic carbocycles. The van der Waals surface area contributed by atoms with Crippen LogP contribution >= 0.6 is 11.6 Å². The van der Waals surface area contributed by atoms with E-state index in [0.717, 1.165) is 0 Å². The standard InChI is InChI=1S/C17H37ClOSi/c1-5-7-9-11-13-15-17(14-12-10-8-6-2)19-20(3,4)16-18/h17H,5-16H2,1-4H3. The summed E-state index contributed by atoms with van der Waals surface area (Å²) in [6.45, 7) is 9.03. The molecule has 0 aliphatic heterocycles. The highest BCUT2D eigenvalue weighted by atomic mass is 35.5. The summed E-state index contributed by atoms with van der Waals surface area (Å²) in [7, 11) is -1.62. The predicted molar refractivity (Wildman–Crippen MR) is 95.2 cm³/mol. The van der Waals surface area contributed by atoms with Crippen LogP contribution in [0.1, 0.15) is 84.5 Å². The quantitative estimate of drug-likeness (QED) is 0.197. The predicted octanol–water partition coefficient (Wildman–Crippen LogP) is 6.69. The summed E-state index contributed by atoms with van der Waals surface area (Å²) in [5.74, 6) is 0. The van der Waals surface area contributed by atoms with Gasteiger partial charge in [-0.2, -0.15) is 0 Å². The minimum atomic E-state index is -1.62. The van der Waals surface area contributed by atoms with Crippen molar-refractivity contribution in [3.63, 3.8) is 0 Å². The lowest BCUT2D eigenvalue weighted by atomic mass is 10.0. The topological polar surface area (TPSA) is 9.23 Å². The van der Waals surface area contributed by atoms with Crippen LogP contribution in [0, 0.1) is 0 Å². The van der Waals surface area contributed by atoms with Crippen molar-refractivity contribution in [1.29, 1.82) is 0 Å². The molecule has 0 heterocycles. The first kappa shape index (κ1) is 20.5. The van der Waals surface area contributed by atoms with Crippen LogP contribution in [0.15, 0.2) is 0 Å². The van der Waals surface area contributed by atoms with E-state index >= 15 is 0 Å². The highest BCUT2D eigenvalue weighted by molar-refractivity contribution is 6.77. The van der Waals surface area contributed by atoms with Gasteiger partial charge < -0.3 is 4.43 Å². The zero-order chi connectivity index (χ0) is 15.3. The summed E-state index contributed by atoms with van der Waals surface area (Å²) in [5, 5.41) is 0. The Kier molecular flexibility index (Phi) is 13.5. The van der Waals surface area contributed by atoms with Crippen LogP contribution in [0.25, 0.3) is 0 Å². The van der Waals surface area contributed by atoms with E-state index in [1.807, 2.05) is 0 Å². The zero-order valence-electron chi connectivity index (χ0n) is 14.3. The van der Waals surface area contributed by atoms with Gasteiger partial charge in [0.25, 0.3) is 0 Å². The number of rotatable bonds is 14. The molecule has 0 saturated heterocycles. The molecule has 1 atom stereocenters. The van der Waals surface area contributed by atoms with Gasteiger partial charge >= 0.3 is 0 Å². The normalized spacial score (nSPS) is 13.7. The van der Waals surface area contributed by atoms with E-state index in [9.17, 15) is 0 Å². The third kappa shape index (κ3) is 12.2. The summed E-state index contributed by atoms with van der Waals surface area (Å²) in [5.41, 5.74) is 0.717. The molecule has 122 valence electrons. The van der Waals surface area contributed by atoms with Gasteiger partial charge in [0.2, 0.25) is 8.32 Å². The second-order valence-electron chi connectivity index (χ2n) is 6.69. The SMILES string of the molecule is CCCCCCCC(CCCCCC)O[Si](C)(C)CCl. The largest absolute Gasteiger partial charge is 0.413 e. The van der Waals surface area contributed by atoms with Gasteiger partial charge in [0.1, 0.15) is 0 Å². The van der Waals surface area contributed by atoms with Crippen molar-refractivity contribution in [3.05, 3.63) is 0 Å². The van der Waals surface area contributed by atoms with Gasteiger partial charge in [0.15, 0.2) is 0 Å². The number of alkyl halides is 1. The molecule has 0 bridgehead atoms. The molecule has 1 nitrogen and oxygen atoms in total. The molecule has 0 spiro atoms. The molecule has 0 aromatic carbocycles. The first-order chi connectivity index (χ1) is 9.55. The van der Waals surface area contributed by atoms with E-state index < -0.39 is 8.32 Å². The third-order valence-electron chi connectivity index (χ3n) is 3.82. The molecule has 0 rings (SSSR count). The molecule has 0 radical (unpaired) electrons. The maximum absolute atomic E-state index is 6.38. The van der Waals surface area contributed by atoms with E-state index in [1.54, 1.807) is 0 Å². The molecule has 0 saturated carbocycles. The second-order valence-corrected chi connectivity index (χ2v) is 11.5. The molecule has 0 amide bonds. The fraction of sp³-hybridized carbons (Fsp3) is 1.00. The van der Waals surface area contributed by atoms with Crippen LogP contribution in [0.5, 0.6) is 0 Å². The van der Waals surface area contributed by atoms with Crippen LogP contribution in [0.3, 0.4) is 0 Å². The van der Waals surface area contributed by atoms with Gasteiger partial charge in [-0.05, 0) is 25.9 Å². The number of hydrogen-bond acceptors (Lipinski definition) is 1. The molecule has 0 aromatic heterocycles. The van der Waals surface area contributed by atoms with Crippen molar-refractivity contribution in [2.24, 2.45) is 0 Å². The van der Waals surface area contributed by atoms with Crippen molar-refractivity contribution >= 4 is 19.9 Å². The molecule has 3 heteroatoms. The molecular formula is C17H37ClOSi. The lowest BCUT2D eigenvalue weighted by Crippen LogP contribution is -2.38. The van der Waals surface area contributed by atoms with Crippen molar-refractivity contribution in [2.45, 2.75) is 104 Å². The first-order valence-electron chi connectivity index (χ1n) is 8.79. The molecule has 1 unspecified atom stereocenters.